The fraction of sp³-hybridized carbons (Fsp3) is 0.300. The molecule has 1 amide bonds. The molecule has 0 aliphatic heterocycles. The number of pyridine rings is 1. The number of amides is 1. The Labute approximate surface area is 97.4 Å². The third kappa shape index (κ3) is 4.75. The van der Waals surface area contributed by atoms with Crippen molar-refractivity contribution in [1.29, 1.82) is 0 Å². The second-order valence-corrected chi connectivity index (χ2v) is 3.57. The van der Waals surface area contributed by atoms with Crippen LogP contribution >= 0.6 is 11.6 Å². The number of hydrogen-bond acceptors (Lipinski definition) is 3. The third-order valence-corrected chi connectivity index (χ3v) is 2.04. The van der Waals surface area contributed by atoms with Gasteiger partial charge < -0.3 is 10.4 Å². The lowest BCUT2D eigenvalue weighted by atomic mass is 10.3. The largest absolute Gasteiger partial charge is 0.481 e. The van der Waals surface area contributed by atoms with Gasteiger partial charge in [-0.3, -0.25) is 14.6 Å². The quantitative estimate of drug-likeness (QED) is 0.814. The van der Waals surface area contributed by atoms with Gasteiger partial charge in [-0.05, 0) is 12.1 Å². The van der Waals surface area contributed by atoms with Crippen LogP contribution in [0.3, 0.4) is 0 Å². The summed E-state index contributed by atoms with van der Waals surface area (Å²) >= 11 is 5.64. The second-order valence-electron chi connectivity index (χ2n) is 3.14. The van der Waals surface area contributed by atoms with Crippen LogP contribution in [0.1, 0.15) is 18.5 Å². The van der Waals surface area contributed by atoms with Crippen molar-refractivity contribution in [3.63, 3.8) is 0 Å². The average molecular weight is 243 g/mol. The lowest BCUT2D eigenvalue weighted by molar-refractivity contribution is -0.138. The number of aromatic nitrogens is 1. The highest BCUT2D eigenvalue weighted by Gasteiger charge is 2.05. The highest BCUT2D eigenvalue weighted by atomic mass is 35.5. The van der Waals surface area contributed by atoms with Gasteiger partial charge in [0.25, 0.3) is 0 Å². The molecule has 6 heteroatoms. The van der Waals surface area contributed by atoms with Gasteiger partial charge in [0.1, 0.15) is 0 Å². The first-order valence-electron chi connectivity index (χ1n) is 4.67. The summed E-state index contributed by atoms with van der Waals surface area (Å²) in [5, 5.41) is 11.5. The first-order valence-corrected chi connectivity index (χ1v) is 5.04. The minimum atomic E-state index is -0.986. The summed E-state index contributed by atoms with van der Waals surface area (Å²) in [7, 11) is 0. The number of carboxylic acid groups (broad SMARTS) is 1. The first kappa shape index (κ1) is 12.4. The fourth-order valence-corrected chi connectivity index (χ4v) is 1.12. The molecule has 1 rings (SSSR count). The van der Waals surface area contributed by atoms with Gasteiger partial charge in [-0.15, -0.1) is 0 Å². The number of halogens is 1. The van der Waals surface area contributed by atoms with Gasteiger partial charge >= 0.3 is 5.97 Å². The van der Waals surface area contributed by atoms with E-state index >= 15 is 0 Å². The lowest BCUT2D eigenvalue weighted by Crippen LogP contribution is -2.23. The highest BCUT2D eigenvalue weighted by molar-refractivity contribution is 6.30. The summed E-state index contributed by atoms with van der Waals surface area (Å²) in [5.74, 6) is -1.29. The molecule has 1 heterocycles. The Bertz CT molecular complexity index is 378. The number of aliphatic carboxylic acids is 1. The number of carboxylic acids is 1. The Morgan fingerprint density at radius 2 is 2.12 bits per heavy atom. The van der Waals surface area contributed by atoms with Crippen LogP contribution in [0.15, 0.2) is 18.3 Å². The van der Waals surface area contributed by atoms with Crippen LogP contribution in [-0.2, 0) is 16.1 Å². The van der Waals surface area contributed by atoms with Gasteiger partial charge in [-0.1, -0.05) is 11.6 Å². The topological polar surface area (TPSA) is 79.3 Å². The molecular weight excluding hydrogens is 232 g/mol. The van der Waals surface area contributed by atoms with Crippen molar-refractivity contribution in [1.82, 2.24) is 10.3 Å². The van der Waals surface area contributed by atoms with Gasteiger partial charge in [0.05, 0.1) is 23.7 Å². The van der Waals surface area contributed by atoms with Crippen molar-refractivity contribution in [2.45, 2.75) is 19.4 Å². The minimum Gasteiger partial charge on any atom is -0.481 e. The number of rotatable bonds is 5. The molecule has 0 radical (unpaired) electrons. The van der Waals surface area contributed by atoms with Gasteiger partial charge in [-0.25, -0.2) is 0 Å². The molecule has 0 saturated carbocycles. The predicted molar refractivity (Wildman–Crippen MR) is 58.0 cm³/mol. The van der Waals surface area contributed by atoms with E-state index in [1.54, 1.807) is 12.1 Å². The van der Waals surface area contributed by atoms with Crippen LogP contribution in [0.5, 0.6) is 0 Å². The Hall–Kier alpha value is -1.62. The van der Waals surface area contributed by atoms with E-state index in [0.717, 1.165) is 0 Å². The van der Waals surface area contributed by atoms with E-state index in [4.69, 9.17) is 16.7 Å². The molecule has 0 unspecified atom stereocenters. The molecule has 0 aliphatic carbocycles. The van der Waals surface area contributed by atoms with Gasteiger partial charge in [0.2, 0.25) is 5.91 Å². The summed E-state index contributed by atoms with van der Waals surface area (Å²) in [6, 6.07) is 3.37. The molecule has 1 aromatic rings. The molecule has 2 N–H and O–H groups in total. The van der Waals surface area contributed by atoms with E-state index in [-0.39, 0.29) is 25.3 Å². The molecule has 5 nitrogen and oxygen atoms in total. The zero-order valence-electron chi connectivity index (χ0n) is 8.44. The van der Waals surface area contributed by atoms with E-state index in [9.17, 15) is 9.59 Å². The summed E-state index contributed by atoms with van der Waals surface area (Å²) < 4.78 is 0. The van der Waals surface area contributed by atoms with Crippen LogP contribution in [-0.4, -0.2) is 22.0 Å². The molecule has 0 aliphatic rings. The van der Waals surface area contributed by atoms with Gasteiger partial charge in [-0.2, -0.15) is 0 Å². The van der Waals surface area contributed by atoms with Crippen molar-refractivity contribution in [3.8, 4) is 0 Å². The second kappa shape index (κ2) is 6.07. The summed E-state index contributed by atoms with van der Waals surface area (Å²) in [6.07, 6.45) is 1.29. The van der Waals surface area contributed by atoms with E-state index in [1.807, 2.05) is 0 Å². The summed E-state index contributed by atoms with van der Waals surface area (Å²) in [5.41, 5.74) is 0.674. The molecule has 0 saturated heterocycles. The maximum Gasteiger partial charge on any atom is 0.303 e. The maximum absolute atomic E-state index is 11.2. The number of carbonyl (C=O) groups excluding carboxylic acids is 1. The molecule has 0 fully saturated rings. The zero-order chi connectivity index (χ0) is 12.0. The molecule has 1 aromatic heterocycles. The molecule has 0 bridgehead atoms. The molecule has 16 heavy (non-hydrogen) atoms. The average Bonchev–Trinajstić information content (AvgIpc) is 2.25. The van der Waals surface area contributed by atoms with Crippen LogP contribution in [0.4, 0.5) is 0 Å². The van der Waals surface area contributed by atoms with Crippen molar-refractivity contribution in [2.24, 2.45) is 0 Å². The smallest absolute Gasteiger partial charge is 0.303 e. The fourth-order valence-electron chi connectivity index (χ4n) is 1.01. The van der Waals surface area contributed by atoms with Gasteiger partial charge in [0, 0.05) is 12.6 Å². The number of nitrogens with one attached hydrogen (secondary N) is 1. The number of nitrogens with zero attached hydrogens (tertiary/aromatic N) is 1. The van der Waals surface area contributed by atoms with Crippen molar-refractivity contribution in [2.75, 3.05) is 0 Å². The Morgan fingerprint density at radius 1 is 1.38 bits per heavy atom. The molecular formula is C10H11ClN2O3. The van der Waals surface area contributed by atoms with Crippen LogP contribution in [0, 0.1) is 0 Å². The SMILES string of the molecule is O=C(O)CCC(=O)NCc1ccc(Cl)cn1. The van der Waals surface area contributed by atoms with Crippen LogP contribution in [0.2, 0.25) is 5.02 Å². The monoisotopic (exact) mass is 242 g/mol. The summed E-state index contributed by atoms with van der Waals surface area (Å²) in [4.78, 5) is 25.4. The van der Waals surface area contributed by atoms with E-state index in [1.165, 1.54) is 6.20 Å². The molecule has 0 aromatic carbocycles. The van der Waals surface area contributed by atoms with Crippen molar-refractivity contribution < 1.29 is 14.7 Å². The van der Waals surface area contributed by atoms with Crippen molar-refractivity contribution in [3.05, 3.63) is 29.0 Å². The van der Waals surface area contributed by atoms with Gasteiger partial charge in [0.15, 0.2) is 0 Å². The van der Waals surface area contributed by atoms with E-state index in [0.29, 0.717) is 10.7 Å². The Morgan fingerprint density at radius 3 is 2.69 bits per heavy atom. The zero-order valence-corrected chi connectivity index (χ0v) is 9.20. The Balaban J connectivity index is 2.31. The standard InChI is InChI=1S/C10H11ClN2O3/c11-7-1-2-8(12-5-7)6-13-9(14)3-4-10(15)16/h1-2,5H,3-4,6H2,(H,13,14)(H,15,16). The predicted octanol–water partition coefficient (Wildman–Crippen LogP) is 1.22. The maximum atomic E-state index is 11.2. The van der Waals surface area contributed by atoms with Crippen LogP contribution in [0.25, 0.3) is 0 Å². The lowest BCUT2D eigenvalue weighted by Gasteiger charge is -2.03. The summed E-state index contributed by atoms with van der Waals surface area (Å²) in [6.45, 7) is 0.273. The van der Waals surface area contributed by atoms with Crippen LogP contribution < -0.4 is 5.32 Å². The first-order chi connectivity index (χ1) is 7.58. The number of hydrogen-bond donors (Lipinski definition) is 2. The highest BCUT2D eigenvalue weighted by Crippen LogP contribution is 2.05. The number of carbonyl (C=O) groups is 2. The Kier molecular flexibility index (Phi) is 4.72. The van der Waals surface area contributed by atoms with Crippen molar-refractivity contribution >= 4 is 23.5 Å². The van der Waals surface area contributed by atoms with E-state index < -0.39 is 5.97 Å². The minimum absolute atomic E-state index is 0.0249. The molecule has 0 atom stereocenters. The van der Waals surface area contributed by atoms with E-state index in [2.05, 4.69) is 10.3 Å². The normalized spacial score (nSPS) is 9.81. The molecule has 86 valence electrons. The molecule has 0 spiro atoms. The third-order valence-electron chi connectivity index (χ3n) is 1.82.